The summed E-state index contributed by atoms with van der Waals surface area (Å²) in [6.07, 6.45) is 4.53. The normalized spacial score (nSPS) is 18.6. The Morgan fingerprint density at radius 2 is 1.90 bits per heavy atom. The van der Waals surface area contributed by atoms with E-state index in [4.69, 9.17) is 27.9 Å². The van der Waals surface area contributed by atoms with Crippen LogP contribution in [-0.4, -0.2) is 39.8 Å². The van der Waals surface area contributed by atoms with Gasteiger partial charge in [-0.25, -0.2) is 4.98 Å². The Morgan fingerprint density at radius 1 is 1.16 bits per heavy atom. The van der Waals surface area contributed by atoms with E-state index in [1.54, 1.807) is 36.1 Å². The minimum absolute atomic E-state index is 0.245. The zero-order chi connectivity index (χ0) is 22.0. The average molecular weight is 460 g/mol. The van der Waals surface area contributed by atoms with Gasteiger partial charge >= 0.3 is 0 Å². The summed E-state index contributed by atoms with van der Waals surface area (Å²) in [7, 11) is 1.60. The van der Waals surface area contributed by atoms with Crippen LogP contribution in [0.15, 0.2) is 48.7 Å². The molecule has 1 amide bonds. The number of methoxy groups -OCH3 is 1. The van der Waals surface area contributed by atoms with E-state index in [0.29, 0.717) is 27.9 Å². The van der Waals surface area contributed by atoms with Gasteiger partial charge in [0.05, 0.1) is 24.3 Å². The molecule has 1 aliphatic rings. The highest BCUT2D eigenvalue weighted by Gasteiger charge is 2.26. The molecule has 2 atom stereocenters. The van der Waals surface area contributed by atoms with Crippen molar-refractivity contribution in [3.05, 3.63) is 64.4 Å². The summed E-state index contributed by atoms with van der Waals surface area (Å²) < 4.78 is 7.05. The topological polar surface area (TPSA) is 76.4 Å². The van der Waals surface area contributed by atoms with Gasteiger partial charge in [-0.15, -0.1) is 0 Å². The lowest BCUT2D eigenvalue weighted by Gasteiger charge is -2.27. The number of ether oxygens (including phenoxy) is 1. The molecule has 3 aromatic rings. The van der Waals surface area contributed by atoms with E-state index < -0.39 is 6.10 Å². The van der Waals surface area contributed by atoms with Crippen molar-refractivity contribution in [2.75, 3.05) is 7.11 Å². The Labute approximate surface area is 190 Å². The van der Waals surface area contributed by atoms with Gasteiger partial charge in [-0.1, -0.05) is 36.0 Å². The lowest BCUT2D eigenvalue weighted by atomic mass is 9.92. The summed E-state index contributed by atoms with van der Waals surface area (Å²) in [6, 6.07) is 12.3. The fraction of sp³-hybridized carbons (Fsp3) is 0.304. The summed E-state index contributed by atoms with van der Waals surface area (Å²) in [5.74, 6) is 0.907. The number of aromatic nitrogens is 2. The van der Waals surface area contributed by atoms with E-state index >= 15 is 0 Å². The number of carbonyl (C=O) groups is 1. The summed E-state index contributed by atoms with van der Waals surface area (Å²) in [6.45, 7) is 0. The fourth-order valence-corrected chi connectivity index (χ4v) is 4.31. The van der Waals surface area contributed by atoms with Crippen molar-refractivity contribution in [3.63, 3.8) is 0 Å². The minimum atomic E-state index is -0.536. The maximum Gasteiger partial charge on any atom is 0.271 e. The summed E-state index contributed by atoms with van der Waals surface area (Å²) in [4.78, 5) is 17.5. The number of amides is 1. The highest BCUT2D eigenvalue weighted by Crippen LogP contribution is 2.32. The molecule has 0 spiro atoms. The van der Waals surface area contributed by atoms with Gasteiger partial charge in [-0.2, -0.15) is 0 Å². The van der Waals surface area contributed by atoms with E-state index in [1.165, 1.54) is 0 Å². The first-order chi connectivity index (χ1) is 15.0. The molecular weight excluding hydrogens is 437 g/mol. The third-order valence-corrected chi connectivity index (χ3v) is 6.05. The highest BCUT2D eigenvalue weighted by molar-refractivity contribution is 6.36. The Balaban J connectivity index is 1.73. The molecule has 6 nitrogen and oxygen atoms in total. The number of nitrogens with one attached hydrogen (secondary N) is 1. The van der Waals surface area contributed by atoms with Crippen molar-refractivity contribution in [1.29, 1.82) is 0 Å². The van der Waals surface area contributed by atoms with E-state index in [9.17, 15) is 9.90 Å². The average Bonchev–Trinajstić information content (AvgIpc) is 3.20. The first-order valence-electron chi connectivity index (χ1n) is 10.1. The van der Waals surface area contributed by atoms with Gasteiger partial charge in [-0.3, -0.25) is 9.36 Å². The molecule has 31 heavy (non-hydrogen) atoms. The lowest BCUT2D eigenvalue weighted by molar-refractivity contribution is 0.0714. The van der Waals surface area contributed by atoms with Crippen LogP contribution in [-0.2, 0) is 0 Å². The van der Waals surface area contributed by atoms with Gasteiger partial charge in [0.15, 0.2) is 0 Å². The number of imidazole rings is 1. The molecule has 1 saturated carbocycles. The summed E-state index contributed by atoms with van der Waals surface area (Å²) in [5, 5.41) is 14.1. The molecule has 0 bridgehead atoms. The minimum Gasteiger partial charge on any atom is -0.497 e. The smallest absolute Gasteiger partial charge is 0.271 e. The Hall–Kier alpha value is -2.54. The number of hydrogen-bond donors (Lipinski definition) is 2. The van der Waals surface area contributed by atoms with Crippen molar-refractivity contribution < 1.29 is 14.6 Å². The third-order valence-electron chi connectivity index (χ3n) is 5.51. The number of benzene rings is 2. The van der Waals surface area contributed by atoms with Crippen LogP contribution in [0.5, 0.6) is 5.75 Å². The van der Waals surface area contributed by atoms with Crippen LogP contribution in [0, 0.1) is 0 Å². The molecule has 1 aromatic heterocycles. The molecule has 0 unspecified atom stereocenters. The number of halogens is 2. The van der Waals surface area contributed by atoms with Crippen molar-refractivity contribution in [1.82, 2.24) is 14.9 Å². The second kappa shape index (κ2) is 9.30. The lowest BCUT2D eigenvalue weighted by Crippen LogP contribution is -2.45. The number of nitrogens with zero attached hydrogens (tertiary/aromatic N) is 2. The molecule has 0 aliphatic heterocycles. The number of aliphatic hydroxyl groups is 1. The first-order valence-corrected chi connectivity index (χ1v) is 10.9. The molecule has 8 heteroatoms. The number of hydrogen-bond acceptors (Lipinski definition) is 4. The second-order valence-corrected chi connectivity index (χ2v) is 8.42. The monoisotopic (exact) mass is 459 g/mol. The molecule has 0 radical (unpaired) electrons. The zero-order valence-electron chi connectivity index (χ0n) is 17.0. The number of carbonyl (C=O) groups excluding carboxylic acids is 1. The van der Waals surface area contributed by atoms with Crippen LogP contribution < -0.4 is 10.1 Å². The van der Waals surface area contributed by atoms with Crippen molar-refractivity contribution in [3.8, 4) is 22.8 Å². The van der Waals surface area contributed by atoms with Gasteiger partial charge in [0.25, 0.3) is 5.91 Å². The van der Waals surface area contributed by atoms with Crippen molar-refractivity contribution in [2.24, 2.45) is 0 Å². The van der Waals surface area contributed by atoms with Crippen LogP contribution in [0.25, 0.3) is 17.1 Å². The number of rotatable bonds is 5. The molecule has 1 heterocycles. The van der Waals surface area contributed by atoms with Crippen LogP contribution >= 0.6 is 23.2 Å². The number of aliphatic hydroxyl groups excluding tert-OH is 1. The van der Waals surface area contributed by atoms with Gasteiger partial charge in [0, 0.05) is 22.5 Å². The highest BCUT2D eigenvalue weighted by atomic mass is 35.5. The zero-order valence-corrected chi connectivity index (χ0v) is 18.5. The molecule has 0 saturated heterocycles. The SMILES string of the molecule is COc1ccc(-n2cc(C(=O)N[C@@H]3CCCC[C@H]3O)nc2-c2ccc(Cl)cc2Cl)cc1. The molecule has 1 aliphatic carbocycles. The molecule has 2 N–H and O–H groups in total. The predicted octanol–water partition coefficient (Wildman–Crippen LogP) is 4.89. The van der Waals surface area contributed by atoms with E-state index in [2.05, 4.69) is 10.3 Å². The maximum absolute atomic E-state index is 13.0. The van der Waals surface area contributed by atoms with Gasteiger partial charge in [0.1, 0.15) is 17.3 Å². The predicted molar refractivity (Wildman–Crippen MR) is 121 cm³/mol. The van der Waals surface area contributed by atoms with Gasteiger partial charge in [0.2, 0.25) is 0 Å². The Kier molecular flexibility index (Phi) is 6.51. The van der Waals surface area contributed by atoms with Gasteiger partial charge in [-0.05, 0) is 55.3 Å². The molecule has 4 rings (SSSR count). The fourth-order valence-electron chi connectivity index (χ4n) is 3.81. The quantitative estimate of drug-likeness (QED) is 0.569. The summed E-state index contributed by atoms with van der Waals surface area (Å²) in [5.41, 5.74) is 1.69. The van der Waals surface area contributed by atoms with Crippen LogP contribution in [0.3, 0.4) is 0 Å². The van der Waals surface area contributed by atoms with E-state index in [0.717, 1.165) is 30.7 Å². The van der Waals surface area contributed by atoms with Crippen molar-refractivity contribution in [2.45, 2.75) is 37.8 Å². The second-order valence-electron chi connectivity index (χ2n) is 7.57. The first kappa shape index (κ1) is 21.7. The van der Waals surface area contributed by atoms with Crippen LogP contribution in [0.1, 0.15) is 36.2 Å². The van der Waals surface area contributed by atoms with E-state index in [1.807, 2.05) is 24.3 Å². The summed E-state index contributed by atoms with van der Waals surface area (Å²) >= 11 is 12.5. The molecule has 2 aromatic carbocycles. The van der Waals surface area contributed by atoms with Crippen molar-refractivity contribution >= 4 is 29.1 Å². The molecule has 1 fully saturated rings. The maximum atomic E-state index is 13.0. The molecule has 162 valence electrons. The third kappa shape index (κ3) is 4.71. The molecular formula is C23H23Cl2N3O3. The largest absolute Gasteiger partial charge is 0.497 e. The van der Waals surface area contributed by atoms with E-state index in [-0.39, 0.29) is 17.6 Å². The van der Waals surface area contributed by atoms with Gasteiger partial charge < -0.3 is 15.2 Å². The Morgan fingerprint density at radius 3 is 2.58 bits per heavy atom. The Bertz CT molecular complexity index is 1080. The van der Waals surface area contributed by atoms with Crippen LogP contribution in [0.2, 0.25) is 10.0 Å². The van der Waals surface area contributed by atoms with Crippen LogP contribution in [0.4, 0.5) is 0 Å². The standard InChI is InChI=1S/C23H23Cl2N3O3/c1-31-16-9-7-15(8-10-16)28-13-20(23(30)27-19-4-2-3-5-21(19)29)26-22(28)17-11-6-14(24)12-18(17)25/h6-13,19,21,29H,2-5H2,1H3,(H,27,30)/t19-,21-/m1/s1.